The van der Waals surface area contributed by atoms with Crippen molar-refractivity contribution >= 4 is 56.6 Å². The molecular formula is C20H21Cl2F2N3OS. The number of carbonyl (C=O) groups excluding carboxylic acids is 1. The Morgan fingerprint density at radius 1 is 1.14 bits per heavy atom. The topological polar surface area (TPSA) is 36.4 Å². The van der Waals surface area contributed by atoms with Crippen LogP contribution in [0.5, 0.6) is 0 Å². The van der Waals surface area contributed by atoms with Gasteiger partial charge in [-0.25, -0.2) is 13.8 Å². The summed E-state index contributed by atoms with van der Waals surface area (Å²) in [5.74, 6) is -1.34. The van der Waals surface area contributed by atoms with Gasteiger partial charge >= 0.3 is 0 Å². The third kappa shape index (κ3) is 5.22. The Morgan fingerprint density at radius 3 is 2.48 bits per heavy atom. The molecule has 1 heterocycles. The van der Waals surface area contributed by atoms with Crippen LogP contribution in [-0.4, -0.2) is 42.0 Å². The van der Waals surface area contributed by atoms with Crippen LogP contribution in [0.15, 0.2) is 36.4 Å². The van der Waals surface area contributed by atoms with E-state index in [1.165, 1.54) is 34.4 Å². The quantitative estimate of drug-likeness (QED) is 0.458. The first-order valence-corrected chi connectivity index (χ1v) is 10.2. The highest BCUT2D eigenvalue weighted by Crippen LogP contribution is 2.32. The van der Waals surface area contributed by atoms with Crippen molar-refractivity contribution in [2.75, 3.05) is 31.1 Å². The molecule has 3 aromatic rings. The fraction of sp³-hybridized carbons (Fsp3) is 0.300. The van der Waals surface area contributed by atoms with Gasteiger partial charge in [-0.1, -0.05) is 42.9 Å². The van der Waals surface area contributed by atoms with E-state index in [-0.39, 0.29) is 28.5 Å². The zero-order valence-corrected chi connectivity index (χ0v) is 18.4. The first-order valence-electron chi connectivity index (χ1n) is 8.98. The van der Waals surface area contributed by atoms with Crippen LogP contribution in [0.25, 0.3) is 10.2 Å². The molecule has 156 valence electrons. The Balaban J connectivity index is 0.00000300. The van der Waals surface area contributed by atoms with Crippen LogP contribution in [0, 0.1) is 11.6 Å². The number of thiazole rings is 1. The smallest absolute Gasteiger partial charge is 0.261 e. The fourth-order valence-electron chi connectivity index (χ4n) is 2.89. The molecule has 0 aliphatic carbocycles. The van der Waals surface area contributed by atoms with Gasteiger partial charge in [-0.15, -0.1) is 12.4 Å². The van der Waals surface area contributed by atoms with Gasteiger partial charge in [0.15, 0.2) is 5.13 Å². The van der Waals surface area contributed by atoms with Gasteiger partial charge in [-0.2, -0.15) is 0 Å². The summed E-state index contributed by atoms with van der Waals surface area (Å²) in [5, 5.41) is 0.419. The second-order valence-corrected chi connectivity index (χ2v) is 7.61. The summed E-state index contributed by atoms with van der Waals surface area (Å²) < 4.78 is 28.1. The van der Waals surface area contributed by atoms with Crippen LogP contribution >= 0.6 is 35.3 Å². The van der Waals surface area contributed by atoms with Gasteiger partial charge < -0.3 is 4.90 Å². The SMILES string of the molecule is CCN(CC)CCN(C(=O)c1ccc(F)cc1Cl)c1nc2c(F)cccc2s1.Cl. The number of hydrogen-bond acceptors (Lipinski definition) is 4. The number of hydrogen-bond donors (Lipinski definition) is 0. The molecule has 0 aliphatic heterocycles. The van der Waals surface area contributed by atoms with Crippen LogP contribution in [-0.2, 0) is 0 Å². The summed E-state index contributed by atoms with van der Waals surface area (Å²) in [6, 6.07) is 8.37. The first kappa shape index (κ1) is 23.5. The largest absolute Gasteiger partial charge is 0.302 e. The van der Waals surface area contributed by atoms with Crippen molar-refractivity contribution in [3.05, 3.63) is 58.6 Å². The van der Waals surface area contributed by atoms with Crippen molar-refractivity contribution in [3.8, 4) is 0 Å². The molecule has 4 nitrogen and oxygen atoms in total. The molecule has 1 aromatic heterocycles. The molecule has 0 unspecified atom stereocenters. The molecule has 9 heteroatoms. The average molecular weight is 460 g/mol. The zero-order valence-electron chi connectivity index (χ0n) is 16.0. The number of halogens is 4. The molecule has 0 N–H and O–H groups in total. The maximum Gasteiger partial charge on any atom is 0.261 e. The maximum absolute atomic E-state index is 14.1. The number of benzene rings is 2. The van der Waals surface area contributed by atoms with Crippen LogP contribution in [0.1, 0.15) is 24.2 Å². The van der Waals surface area contributed by atoms with E-state index < -0.39 is 17.5 Å². The average Bonchev–Trinajstić information content (AvgIpc) is 3.10. The number of anilines is 1. The number of nitrogens with zero attached hydrogens (tertiary/aromatic N) is 3. The van der Waals surface area contributed by atoms with E-state index in [0.29, 0.717) is 22.9 Å². The minimum Gasteiger partial charge on any atom is -0.302 e. The minimum atomic E-state index is -0.515. The Hall–Kier alpha value is -1.80. The van der Waals surface area contributed by atoms with Crippen LogP contribution in [0.4, 0.5) is 13.9 Å². The number of aromatic nitrogens is 1. The molecular weight excluding hydrogens is 439 g/mol. The molecule has 0 saturated heterocycles. The molecule has 3 rings (SSSR count). The van der Waals surface area contributed by atoms with Gasteiger partial charge in [0.2, 0.25) is 0 Å². The molecule has 0 bridgehead atoms. The number of fused-ring (bicyclic) bond motifs is 1. The van der Waals surface area contributed by atoms with E-state index in [1.54, 1.807) is 12.1 Å². The van der Waals surface area contributed by atoms with Crippen molar-refractivity contribution in [1.82, 2.24) is 9.88 Å². The van der Waals surface area contributed by atoms with Crippen molar-refractivity contribution < 1.29 is 13.6 Å². The monoisotopic (exact) mass is 459 g/mol. The van der Waals surface area contributed by atoms with Crippen LogP contribution in [0.3, 0.4) is 0 Å². The van der Waals surface area contributed by atoms with Gasteiger partial charge in [0, 0.05) is 13.1 Å². The van der Waals surface area contributed by atoms with Gasteiger partial charge in [-0.3, -0.25) is 9.69 Å². The van der Waals surface area contributed by atoms with Gasteiger partial charge in [-0.05, 0) is 43.4 Å². The summed E-state index contributed by atoms with van der Waals surface area (Å²) in [4.78, 5) is 21.2. The highest BCUT2D eigenvalue weighted by atomic mass is 35.5. The molecule has 0 atom stereocenters. The van der Waals surface area contributed by atoms with E-state index in [9.17, 15) is 13.6 Å². The van der Waals surface area contributed by atoms with Crippen molar-refractivity contribution in [1.29, 1.82) is 0 Å². The Bertz CT molecular complexity index is 995. The second kappa shape index (κ2) is 10.3. The Kier molecular flexibility index (Phi) is 8.34. The number of carbonyl (C=O) groups is 1. The molecule has 0 radical (unpaired) electrons. The lowest BCUT2D eigenvalue weighted by atomic mass is 10.2. The molecule has 0 aliphatic rings. The molecule has 2 aromatic carbocycles. The van der Waals surface area contributed by atoms with Crippen LogP contribution in [0.2, 0.25) is 5.02 Å². The summed E-state index contributed by atoms with van der Waals surface area (Å²) >= 11 is 7.34. The van der Waals surface area contributed by atoms with E-state index in [2.05, 4.69) is 9.88 Å². The van der Waals surface area contributed by atoms with E-state index in [1.807, 2.05) is 13.8 Å². The maximum atomic E-state index is 14.1. The van der Waals surface area contributed by atoms with E-state index in [4.69, 9.17) is 11.6 Å². The summed E-state index contributed by atoms with van der Waals surface area (Å²) in [7, 11) is 0. The van der Waals surface area contributed by atoms with Crippen molar-refractivity contribution in [2.24, 2.45) is 0 Å². The Morgan fingerprint density at radius 2 is 1.86 bits per heavy atom. The van der Waals surface area contributed by atoms with Crippen molar-refractivity contribution in [3.63, 3.8) is 0 Å². The van der Waals surface area contributed by atoms with Crippen molar-refractivity contribution in [2.45, 2.75) is 13.8 Å². The predicted molar refractivity (Wildman–Crippen MR) is 118 cm³/mol. The highest BCUT2D eigenvalue weighted by molar-refractivity contribution is 7.22. The lowest BCUT2D eigenvalue weighted by molar-refractivity contribution is 0.0984. The van der Waals surface area contributed by atoms with Gasteiger partial charge in [0.05, 0.1) is 15.3 Å². The fourth-order valence-corrected chi connectivity index (χ4v) is 4.14. The summed E-state index contributed by atoms with van der Waals surface area (Å²) in [6.45, 7) is 6.74. The molecule has 1 amide bonds. The normalized spacial score (nSPS) is 11.0. The zero-order chi connectivity index (χ0) is 20.3. The summed E-state index contributed by atoms with van der Waals surface area (Å²) in [6.07, 6.45) is 0. The third-order valence-electron chi connectivity index (χ3n) is 4.53. The standard InChI is InChI=1S/C20H20ClF2N3OS.ClH/c1-3-25(4-2)10-11-26(19(27)14-9-8-13(22)12-15(14)21)20-24-18-16(23)6-5-7-17(18)28-20;/h5-9,12H,3-4,10-11H2,1-2H3;1H. The molecule has 0 saturated carbocycles. The van der Waals surface area contributed by atoms with E-state index in [0.717, 1.165) is 19.2 Å². The Labute approximate surface area is 183 Å². The van der Waals surface area contributed by atoms with Gasteiger partial charge in [0.1, 0.15) is 17.2 Å². The second-order valence-electron chi connectivity index (χ2n) is 6.19. The molecule has 0 spiro atoms. The van der Waals surface area contributed by atoms with E-state index >= 15 is 0 Å². The molecule has 29 heavy (non-hydrogen) atoms. The highest BCUT2D eigenvalue weighted by Gasteiger charge is 2.24. The lowest BCUT2D eigenvalue weighted by Crippen LogP contribution is -2.39. The minimum absolute atomic E-state index is 0. The number of rotatable bonds is 7. The number of para-hydroxylation sites is 1. The summed E-state index contributed by atoms with van der Waals surface area (Å²) in [5.41, 5.74) is 0.413. The van der Waals surface area contributed by atoms with Gasteiger partial charge in [0.25, 0.3) is 5.91 Å². The van der Waals surface area contributed by atoms with Crippen LogP contribution < -0.4 is 4.90 Å². The third-order valence-corrected chi connectivity index (χ3v) is 5.89. The number of likely N-dealkylation sites (N-methyl/N-ethyl adjacent to an activating group) is 1. The lowest BCUT2D eigenvalue weighted by Gasteiger charge is -2.25. The molecule has 0 fully saturated rings. The predicted octanol–water partition coefficient (Wildman–Crippen LogP) is 5.64. The number of amides is 1. The first-order chi connectivity index (χ1) is 13.4.